The van der Waals surface area contributed by atoms with Crippen molar-refractivity contribution in [2.24, 2.45) is 5.92 Å². The Labute approximate surface area is 116 Å². The molecule has 1 saturated heterocycles. The second-order valence-corrected chi connectivity index (χ2v) is 5.50. The first-order valence-electron chi connectivity index (χ1n) is 6.66. The normalized spacial score (nSPS) is 23.9. The van der Waals surface area contributed by atoms with Gasteiger partial charge in [0.05, 0.1) is 11.1 Å². The zero-order valence-corrected chi connectivity index (χ0v) is 11.5. The van der Waals surface area contributed by atoms with Gasteiger partial charge in [0.15, 0.2) is 5.58 Å². The number of oxazole rings is 1. The van der Waals surface area contributed by atoms with Gasteiger partial charge in [0.1, 0.15) is 11.3 Å². The van der Waals surface area contributed by atoms with Crippen molar-refractivity contribution in [1.29, 1.82) is 0 Å². The molecule has 102 valence electrons. The Morgan fingerprint density at radius 2 is 2.37 bits per heavy atom. The van der Waals surface area contributed by atoms with E-state index in [2.05, 4.69) is 17.2 Å². The lowest BCUT2D eigenvalue weighted by molar-refractivity contribution is 0.268. The Morgan fingerprint density at radius 1 is 1.53 bits per heavy atom. The predicted octanol–water partition coefficient (Wildman–Crippen LogP) is 4.07. The van der Waals surface area contributed by atoms with E-state index in [0.29, 0.717) is 22.9 Å². The van der Waals surface area contributed by atoms with Crippen molar-refractivity contribution in [3.8, 4) is 0 Å². The summed E-state index contributed by atoms with van der Waals surface area (Å²) in [5, 5.41) is 3.68. The fourth-order valence-electron chi connectivity index (χ4n) is 2.68. The SMILES string of the molecule is CCC1CCNC(c2nc3cc(F)cc(Cl)c3o2)C1. The molecule has 1 N–H and O–H groups in total. The molecule has 1 aliphatic heterocycles. The van der Waals surface area contributed by atoms with Crippen LogP contribution >= 0.6 is 11.6 Å². The van der Waals surface area contributed by atoms with Crippen LogP contribution in [-0.2, 0) is 0 Å². The highest BCUT2D eigenvalue weighted by molar-refractivity contribution is 6.34. The number of benzene rings is 1. The van der Waals surface area contributed by atoms with Crippen LogP contribution in [0.4, 0.5) is 4.39 Å². The molecule has 0 bridgehead atoms. The number of rotatable bonds is 2. The molecule has 0 spiro atoms. The Morgan fingerprint density at radius 3 is 3.16 bits per heavy atom. The number of nitrogens with one attached hydrogen (secondary N) is 1. The van der Waals surface area contributed by atoms with Crippen molar-refractivity contribution >= 4 is 22.7 Å². The maximum atomic E-state index is 13.3. The summed E-state index contributed by atoms with van der Waals surface area (Å²) in [4.78, 5) is 4.37. The third kappa shape index (κ3) is 2.47. The van der Waals surface area contributed by atoms with Gasteiger partial charge in [0.2, 0.25) is 5.89 Å². The van der Waals surface area contributed by atoms with E-state index >= 15 is 0 Å². The van der Waals surface area contributed by atoms with Crippen molar-refractivity contribution in [2.45, 2.75) is 32.2 Å². The molecule has 3 nitrogen and oxygen atoms in total. The smallest absolute Gasteiger partial charge is 0.212 e. The van der Waals surface area contributed by atoms with Crippen molar-refractivity contribution in [3.05, 3.63) is 28.9 Å². The average molecular weight is 283 g/mol. The zero-order valence-electron chi connectivity index (χ0n) is 10.7. The van der Waals surface area contributed by atoms with Crippen LogP contribution in [0.2, 0.25) is 5.02 Å². The fourth-order valence-corrected chi connectivity index (χ4v) is 2.92. The van der Waals surface area contributed by atoms with Crippen LogP contribution in [0.5, 0.6) is 0 Å². The summed E-state index contributed by atoms with van der Waals surface area (Å²) < 4.78 is 19.0. The standard InChI is InChI=1S/C14H16ClFN2O/c1-2-8-3-4-17-12(5-8)14-18-11-7-9(16)6-10(15)13(11)19-14/h6-8,12,17H,2-5H2,1H3. The lowest BCUT2D eigenvalue weighted by Crippen LogP contribution is -2.31. The van der Waals surface area contributed by atoms with Gasteiger partial charge in [-0.1, -0.05) is 24.9 Å². The summed E-state index contributed by atoms with van der Waals surface area (Å²) >= 11 is 5.98. The molecule has 2 heterocycles. The summed E-state index contributed by atoms with van der Waals surface area (Å²) in [6, 6.07) is 2.71. The molecule has 5 heteroatoms. The molecule has 1 fully saturated rings. The number of fused-ring (bicyclic) bond motifs is 1. The number of hydrogen-bond acceptors (Lipinski definition) is 3. The van der Waals surface area contributed by atoms with E-state index in [1.165, 1.54) is 18.6 Å². The molecule has 1 aromatic carbocycles. The number of halogens is 2. The molecular weight excluding hydrogens is 267 g/mol. The highest BCUT2D eigenvalue weighted by atomic mass is 35.5. The highest BCUT2D eigenvalue weighted by Gasteiger charge is 2.26. The Kier molecular flexibility index (Phi) is 3.46. The number of nitrogens with zero attached hydrogens (tertiary/aromatic N) is 1. The maximum Gasteiger partial charge on any atom is 0.212 e. The van der Waals surface area contributed by atoms with Crippen LogP contribution in [0.3, 0.4) is 0 Å². The van der Waals surface area contributed by atoms with Crippen molar-refractivity contribution in [2.75, 3.05) is 6.54 Å². The summed E-state index contributed by atoms with van der Waals surface area (Å²) in [5.41, 5.74) is 0.957. The first-order chi connectivity index (χ1) is 9.17. The van der Waals surface area contributed by atoms with Gasteiger partial charge >= 0.3 is 0 Å². The van der Waals surface area contributed by atoms with E-state index in [-0.39, 0.29) is 16.9 Å². The van der Waals surface area contributed by atoms with Crippen LogP contribution < -0.4 is 5.32 Å². The predicted molar refractivity (Wildman–Crippen MR) is 72.7 cm³/mol. The van der Waals surface area contributed by atoms with Gasteiger partial charge in [0.25, 0.3) is 0 Å². The molecule has 0 radical (unpaired) electrons. The van der Waals surface area contributed by atoms with Gasteiger partial charge in [-0.15, -0.1) is 0 Å². The quantitative estimate of drug-likeness (QED) is 0.902. The molecule has 2 aromatic rings. The van der Waals surface area contributed by atoms with Gasteiger partial charge < -0.3 is 9.73 Å². The number of hydrogen-bond donors (Lipinski definition) is 1. The van der Waals surface area contributed by atoms with E-state index < -0.39 is 0 Å². The molecular formula is C14H16ClFN2O. The van der Waals surface area contributed by atoms with E-state index in [9.17, 15) is 4.39 Å². The van der Waals surface area contributed by atoms with Crippen molar-refractivity contribution in [1.82, 2.24) is 10.3 Å². The summed E-state index contributed by atoms with van der Waals surface area (Å²) in [7, 11) is 0. The Balaban J connectivity index is 1.94. The third-order valence-corrected chi connectivity index (χ3v) is 4.09. The lowest BCUT2D eigenvalue weighted by Gasteiger charge is -2.27. The zero-order chi connectivity index (χ0) is 13.4. The lowest BCUT2D eigenvalue weighted by atomic mass is 9.90. The van der Waals surface area contributed by atoms with Gasteiger partial charge in [-0.25, -0.2) is 9.37 Å². The van der Waals surface area contributed by atoms with Crippen LogP contribution in [0.15, 0.2) is 16.5 Å². The Bertz CT molecular complexity index is 598. The fraction of sp³-hybridized carbons (Fsp3) is 0.500. The molecule has 19 heavy (non-hydrogen) atoms. The monoisotopic (exact) mass is 282 g/mol. The van der Waals surface area contributed by atoms with E-state index in [4.69, 9.17) is 16.0 Å². The molecule has 2 atom stereocenters. The first-order valence-corrected chi connectivity index (χ1v) is 7.04. The highest BCUT2D eigenvalue weighted by Crippen LogP contribution is 2.32. The average Bonchev–Trinajstić information content (AvgIpc) is 2.83. The van der Waals surface area contributed by atoms with E-state index in [1.807, 2.05) is 0 Å². The minimum Gasteiger partial charge on any atom is -0.437 e. The van der Waals surface area contributed by atoms with Crippen molar-refractivity contribution in [3.63, 3.8) is 0 Å². The largest absolute Gasteiger partial charge is 0.437 e. The van der Waals surface area contributed by atoms with Crippen LogP contribution in [0.1, 0.15) is 38.1 Å². The van der Waals surface area contributed by atoms with E-state index in [1.54, 1.807) is 0 Å². The third-order valence-electron chi connectivity index (χ3n) is 3.81. The molecule has 3 rings (SSSR count). The first kappa shape index (κ1) is 12.9. The van der Waals surface area contributed by atoms with Gasteiger partial charge in [0, 0.05) is 6.07 Å². The molecule has 2 unspecified atom stereocenters. The Hall–Kier alpha value is -1.13. The minimum atomic E-state index is -0.389. The van der Waals surface area contributed by atoms with Gasteiger partial charge in [-0.05, 0) is 31.4 Å². The van der Waals surface area contributed by atoms with Crippen LogP contribution in [0, 0.1) is 11.7 Å². The van der Waals surface area contributed by atoms with Crippen molar-refractivity contribution < 1.29 is 8.81 Å². The van der Waals surface area contributed by atoms with Crippen LogP contribution in [0.25, 0.3) is 11.1 Å². The summed E-state index contributed by atoms with van der Waals surface area (Å²) in [5.74, 6) is 0.912. The molecule has 1 aliphatic rings. The number of piperidine rings is 1. The second kappa shape index (κ2) is 5.10. The van der Waals surface area contributed by atoms with Gasteiger partial charge in [-0.3, -0.25) is 0 Å². The van der Waals surface area contributed by atoms with Gasteiger partial charge in [-0.2, -0.15) is 0 Å². The molecule has 0 aliphatic carbocycles. The molecule has 1 aromatic heterocycles. The minimum absolute atomic E-state index is 0.102. The van der Waals surface area contributed by atoms with E-state index in [0.717, 1.165) is 19.4 Å². The van der Waals surface area contributed by atoms with Crippen LogP contribution in [-0.4, -0.2) is 11.5 Å². The maximum absolute atomic E-state index is 13.3. The number of aromatic nitrogens is 1. The molecule has 0 amide bonds. The topological polar surface area (TPSA) is 38.1 Å². The second-order valence-electron chi connectivity index (χ2n) is 5.09. The molecule has 0 saturated carbocycles. The summed E-state index contributed by atoms with van der Waals surface area (Å²) in [6.07, 6.45) is 3.35. The summed E-state index contributed by atoms with van der Waals surface area (Å²) in [6.45, 7) is 3.16.